The van der Waals surface area contributed by atoms with E-state index in [0.717, 1.165) is 17.3 Å². The Morgan fingerprint density at radius 1 is 1.00 bits per heavy atom. The smallest absolute Gasteiger partial charge is 0.173 e. The molecule has 1 heterocycles. The van der Waals surface area contributed by atoms with E-state index in [9.17, 15) is 9.50 Å². The third kappa shape index (κ3) is 7.69. The van der Waals surface area contributed by atoms with Gasteiger partial charge in [0, 0.05) is 27.8 Å². The molecule has 234 valence electrons. The van der Waals surface area contributed by atoms with Crippen LogP contribution in [0.2, 0.25) is 15.1 Å². The fraction of sp³-hybridized carbons (Fsp3) is 0.312. The van der Waals surface area contributed by atoms with Gasteiger partial charge in [-0.1, -0.05) is 66.5 Å². The number of imidazole rings is 1. The van der Waals surface area contributed by atoms with E-state index < -0.39 is 22.9 Å². The molecular weight excluding hydrogens is 649 g/mol. The van der Waals surface area contributed by atoms with Crippen molar-refractivity contribution in [3.05, 3.63) is 104 Å². The number of aromatic nitrogens is 2. The lowest BCUT2D eigenvalue weighted by Crippen LogP contribution is -2.37. The van der Waals surface area contributed by atoms with Crippen LogP contribution in [-0.2, 0) is 11.2 Å². The van der Waals surface area contributed by atoms with Crippen molar-refractivity contribution in [2.45, 2.75) is 30.2 Å². The third-order valence-electron chi connectivity index (χ3n) is 7.16. The second-order valence-electron chi connectivity index (χ2n) is 11.7. The summed E-state index contributed by atoms with van der Waals surface area (Å²) < 4.78 is 37.5. The van der Waals surface area contributed by atoms with E-state index in [-0.39, 0.29) is 27.7 Å². The van der Waals surface area contributed by atoms with Crippen molar-refractivity contribution in [2.24, 2.45) is 4.99 Å². The minimum atomic E-state index is -0.637. The van der Waals surface area contributed by atoms with Gasteiger partial charge in [-0.3, -0.25) is 9.56 Å². The average Bonchev–Trinajstić information content (AvgIpc) is 3.38. The molecule has 0 radical (unpaired) electrons. The van der Waals surface area contributed by atoms with Gasteiger partial charge in [0.25, 0.3) is 0 Å². The number of thioether (sulfide) groups is 1. The molecule has 0 bridgehead atoms. The van der Waals surface area contributed by atoms with Crippen LogP contribution in [0.5, 0.6) is 5.75 Å². The molecule has 4 aromatic rings. The zero-order valence-electron chi connectivity index (χ0n) is 25.2. The Bertz CT molecular complexity index is 1680. The molecule has 1 aromatic heterocycles. The first-order chi connectivity index (χ1) is 20.6. The van der Waals surface area contributed by atoms with Crippen LogP contribution in [0.15, 0.2) is 64.9 Å². The summed E-state index contributed by atoms with van der Waals surface area (Å²) in [7, 11) is 7.39. The van der Waals surface area contributed by atoms with E-state index >= 15 is 4.39 Å². The molecule has 0 saturated carbocycles. The molecule has 3 aromatic carbocycles. The molecule has 0 aliphatic rings. The highest BCUT2D eigenvalue weighted by Gasteiger charge is 2.30. The molecule has 44 heavy (non-hydrogen) atoms. The molecule has 0 atom stereocenters. The Balaban J connectivity index is 1.71. The van der Waals surface area contributed by atoms with Gasteiger partial charge in [0.1, 0.15) is 5.82 Å². The molecule has 0 N–H and O–H groups in total. The summed E-state index contributed by atoms with van der Waals surface area (Å²) in [6.45, 7) is 4.99. The zero-order valence-corrected chi connectivity index (χ0v) is 28.3. The highest BCUT2D eigenvalue weighted by Crippen LogP contribution is 2.40. The summed E-state index contributed by atoms with van der Waals surface area (Å²) >= 11 is 20.3. The summed E-state index contributed by atoms with van der Waals surface area (Å²) in [4.78, 5) is 8.73. The van der Waals surface area contributed by atoms with Gasteiger partial charge in [0.15, 0.2) is 16.7 Å². The van der Waals surface area contributed by atoms with Crippen molar-refractivity contribution < 1.29 is 23.1 Å². The first-order valence-electron chi connectivity index (χ1n) is 13.6. The monoisotopic (exact) mass is 680 g/mol. The first kappa shape index (κ1) is 34.1. The Labute approximate surface area is 275 Å². The minimum Gasteiger partial charge on any atom is -0.858 e. The summed E-state index contributed by atoms with van der Waals surface area (Å²) in [6, 6.07) is 12.5. The summed E-state index contributed by atoms with van der Waals surface area (Å²) in [5.74, 6) is -1.48. The van der Waals surface area contributed by atoms with Crippen LogP contribution in [0.4, 0.5) is 8.78 Å². The van der Waals surface area contributed by atoms with Crippen molar-refractivity contribution >= 4 is 52.5 Å². The predicted octanol–water partition coefficient (Wildman–Crippen LogP) is 7.55. The number of aliphatic imine (C=N–C) groups is 1. The Morgan fingerprint density at radius 2 is 1.73 bits per heavy atom. The maximum Gasteiger partial charge on any atom is 0.173 e. The predicted molar refractivity (Wildman–Crippen MR) is 174 cm³/mol. The maximum absolute atomic E-state index is 15.3. The van der Waals surface area contributed by atoms with Gasteiger partial charge in [-0.05, 0) is 53.4 Å². The van der Waals surface area contributed by atoms with Crippen LogP contribution in [-0.4, -0.2) is 61.3 Å². The van der Waals surface area contributed by atoms with Gasteiger partial charge in [-0.2, -0.15) is 0 Å². The van der Waals surface area contributed by atoms with Crippen molar-refractivity contribution in [1.82, 2.24) is 9.55 Å². The molecule has 0 aliphatic carbocycles. The van der Waals surface area contributed by atoms with Crippen LogP contribution >= 0.6 is 46.6 Å². The minimum absolute atomic E-state index is 0.0617. The topological polar surface area (TPSA) is 62.5 Å². The zero-order chi connectivity index (χ0) is 32.4. The maximum atomic E-state index is 15.3. The summed E-state index contributed by atoms with van der Waals surface area (Å²) in [5, 5.41) is 14.1. The quantitative estimate of drug-likeness (QED) is 0.0710. The highest BCUT2D eigenvalue weighted by atomic mass is 35.5. The van der Waals surface area contributed by atoms with Gasteiger partial charge >= 0.3 is 0 Å². The van der Waals surface area contributed by atoms with Gasteiger partial charge in [-0.25, -0.2) is 13.8 Å². The van der Waals surface area contributed by atoms with Gasteiger partial charge < -0.3 is 14.3 Å². The van der Waals surface area contributed by atoms with Gasteiger partial charge in [0.05, 0.1) is 69.0 Å². The Hall–Kier alpha value is -2.82. The molecule has 6 nitrogen and oxygen atoms in total. The number of methoxy groups -OCH3 is 1. The molecule has 0 fully saturated rings. The molecule has 4 rings (SSSR count). The lowest BCUT2D eigenvalue weighted by atomic mass is 9.81. The van der Waals surface area contributed by atoms with Crippen LogP contribution in [0.25, 0.3) is 5.69 Å². The number of quaternary nitrogens is 1. The van der Waals surface area contributed by atoms with Crippen LogP contribution < -0.4 is 9.84 Å². The molecule has 0 unspecified atom stereocenters. The molecular formula is C32H33Cl3F2N4O2S. The lowest BCUT2D eigenvalue weighted by molar-refractivity contribution is -0.868. The van der Waals surface area contributed by atoms with E-state index in [1.165, 1.54) is 31.0 Å². The normalized spacial score (nSPS) is 12.6. The van der Waals surface area contributed by atoms with E-state index in [2.05, 4.69) is 9.98 Å². The van der Waals surface area contributed by atoms with Crippen LogP contribution in [0.1, 0.15) is 36.2 Å². The lowest BCUT2D eigenvalue weighted by Gasteiger charge is -2.28. The highest BCUT2D eigenvalue weighted by molar-refractivity contribution is 7.98. The van der Waals surface area contributed by atoms with E-state index in [1.807, 2.05) is 45.6 Å². The van der Waals surface area contributed by atoms with Crippen molar-refractivity contribution in [2.75, 3.05) is 41.3 Å². The molecule has 0 saturated heterocycles. The van der Waals surface area contributed by atoms with Crippen molar-refractivity contribution in [3.63, 3.8) is 0 Å². The average molecular weight is 682 g/mol. The molecule has 0 aliphatic heterocycles. The number of benzene rings is 3. The number of nitrogens with zero attached hydrogens (tertiary/aromatic N) is 4. The van der Waals surface area contributed by atoms with E-state index in [4.69, 9.17) is 39.5 Å². The number of hydrogen-bond donors (Lipinski definition) is 0. The number of rotatable bonds is 11. The van der Waals surface area contributed by atoms with E-state index in [1.54, 1.807) is 30.5 Å². The fourth-order valence-electron chi connectivity index (χ4n) is 4.49. The molecule has 0 spiro atoms. The standard InChI is InChI=1S/C32H33Cl3F2N4O2S/c1-32(2,20-7-9-23(33)25(35)15-20)29-17-39-31(40(29)21-8-10-26(36)28(16-21)43-6)44-18-22-24(34)13-19(14-27(22)37)30(42)38-11-12-41(3,4)5/h7-10,13-17H,11-12,18H2,1-6H3. The largest absolute Gasteiger partial charge is 0.858 e. The third-order valence-corrected chi connectivity index (χ3v) is 9.22. The Morgan fingerprint density at radius 3 is 2.36 bits per heavy atom. The number of halogens is 5. The van der Waals surface area contributed by atoms with Gasteiger partial charge in [0.2, 0.25) is 0 Å². The summed E-state index contributed by atoms with van der Waals surface area (Å²) in [6.07, 6.45) is 1.72. The Kier molecular flexibility index (Phi) is 10.6. The molecule has 12 heteroatoms. The van der Waals surface area contributed by atoms with E-state index in [0.29, 0.717) is 38.5 Å². The number of ether oxygens (including phenoxy) is 1. The van der Waals surface area contributed by atoms with Crippen LogP contribution in [0, 0.1) is 11.6 Å². The number of hydrogen-bond acceptors (Lipinski definition) is 5. The van der Waals surface area contributed by atoms with Gasteiger partial charge in [-0.15, -0.1) is 0 Å². The number of likely N-dealkylation sites (N-methyl/N-ethyl adjacent to an activating group) is 1. The van der Waals surface area contributed by atoms with Crippen molar-refractivity contribution in [1.29, 1.82) is 0 Å². The first-order valence-corrected chi connectivity index (χ1v) is 15.7. The summed E-state index contributed by atoms with van der Waals surface area (Å²) in [5.41, 5.74) is 1.90. The van der Waals surface area contributed by atoms with Crippen LogP contribution in [0.3, 0.4) is 0 Å². The van der Waals surface area contributed by atoms with Crippen molar-refractivity contribution in [3.8, 4) is 11.4 Å². The SMILES string of the molecule is COc1cc(-n2c(C(C)(C)c3ccc(Cl)c(Cl)c3)cnc2SCc2c(F)cc(C([O-])=NCC[N+](C)(C)C)cc2Cl)ccc1F. The molecule has 0 amide bonds. The second kappa shape index (κ2) is 13.7. The second-order valence-corrected chi connectivity index (χ2v) is 13.9. The fourth-order valence-corrected chi connectivity index (χ4v) is 6.17.